The molecule has 72 valence electrons. The van der Waals surface area contributed by atoms with E-state index in [0.29, 0.717) is 0 Å². The van der Waals surface area contributed by atoms with E-state index in [-0.39, 0.29) is 70.0 Å². The van der Waals surface area contributed by atoms with Gasteiger partial charge in [-0.2, -0.15) is 0 Å². The van der Waals surface area contributed by atoms with Crippen LogP contribution in [0, 0.1) is 0 Å². The second-order valence-corrected chi connectivity index (χ2v) is 2.75. The van der Waals surface area contributed by atoms with E-state index in [4.69, 9.17) is 5.11 Å². The first-order valence-electron chi connectivity index (χ1n) is 3.94. The van der Waals surface area contributed by atoms with Crippen molar-refractivity contribution in [2.24, 2.45) is 0 Å². The molecule has 1 rings (SSSR count). The fraction of sp³-hybridized carbons (Fsp3) is 0.250. The van der Waals surface area contributed by atoms with Gasteiger partial charge in [-0.15, -0.1) is 5.46 Å². The van der Waals surface area contributed by atoms with E-state index >= 15 is 0 Å². The van der Waals surface area contributed by atoms with Gasteiger partial charge in [0, 0.05) is 6.61 Å². The van der Waals surface area contributed by atoms with Gasteiger partial charge in [-0.25, -0.2) is 0 Å². The molecule has 0 radical (unpaired) electrons. The zero-order valence-electron chi connectivity index (χ0n) is 7.88. The molecule has 14 heavy (non-hydrogen) atoms. The van der Waals surface area contributed by atoms with Gasteiger partial charge in [0.05, 0.1) is 0 Å². The molecule has 0 amide bonds. The van der Waals surface area contributed by atoms with Gasteiger partial charge in [0.1, 0.15) is 0 Å². The Morgan fingerprint density at radius 2 is 1.71 bits per heavy atom. The molecule has 0 aliphatic heterocycles. The van der Waals surface area contributed by atoms with Crippen molar-refractivity contribution in [3.05, 3.63) is 29.8 Å². The van der Waals surface area contributed by atoms with Gasteiger partial charge in [-0.1, -0.05) is 29.8 Å². The van der Waals surface area contributed by atoms with Crippen molar-refractivity contribution in [2.45, 2.75) is 6.42 Å². The van der Waals surface area contributed by atoms with Crippen LogP contribution in [0.15, 0.2) is 24.3 Å². The number of hydrogen-bond acceptors (Lipinski definition) is 1. The fourth-order valence-corrected chi connectivity index (χ4v) is 1.20. The van der Waals surface area contributed by atoms with Crippen LogP contribution in [0.2, 0.25) is 0 Å². The third-order valence-electron chi connectivity index (χ3n) is 1.79. The van der Waals surface area contributed by atoms with Crippen LogP contribution in [0.5, 0.6) is 0 Å². The topological polar surface area (TPSA) is 20.2 Å². The van der Waals surface area contributed by atoms with Crippen LogP contribution in [-0.4, -0.2) is 18.7 Å². The summed E-state index contributed by atoms with van der Waals surface area (Å²) in [6, 6.07) is 5.33. The molecule has 0 bridgehead atoms. The van der Waals surface area contributed by atoms with Gasteiger partial charge >= 0.3 is 58.4 Å². The number of aliphatic hydroxyl groups is 1. The smallest absolute Gasteiger partial charge is 0.445 e. The molecule has 0 spiro atoms. The first-order chi connectivity index (χ1) is 6.05. The van der Waals surface area contributed by atoms with Crippen LogP contribution in [0.25, 0.3) is 0 Å². The molecule has 0 saturated heterocycles. The number of benzene rings is 1. The minimum absolute atomic E-state index is 0. The van der Waals surface area contributed by atoms with E-state index in [2.05, 4.69) is 0 Å². The molecule has 1 N–H and O–H groups in total. The summed E-state index contributed by atoms with van der Waals surface area (Å²) in [4.78, 5) is 0. The minimum atomic E-state index is -4.96. The van der Waals surface area contributed by atoms with E-state index < -0.39 is 12.4 Å². The molecular weight excluding hydrogens is 219 g/mol. The van der Waals surface area contributed by atoms with Crippen molar-refractivity contribution in [3.63, 3.8) is 0 Å². The van der Waals surface area contributed by atoms with Crippen molar-refractivity contribution >= 4 is 12.4 Å². The SMILES string of the molecule is OCCc1ccccc1[B-](F)(F)F.[K+]. The molecule has 0 heterocycles. The van der Waals surface area contributed by atoms with Gasteiger partial charge in [0.2, 0.25) is 0 Å². The molecule has 0 saturated carbocycles. The summed E-state index contributed by atoms with van der Waals surface area (Å²) in [6.07, 6.45) is 0.0530. The summed E-state index contributed by atoms with van der Waals surface area (Å²) in [5, 5.41) is 8.55. The van der Waals surface area contributed by atoms with Gasteiger partial charge < -0.3 is 18.1 Å². The summed E-state index contributed by atoms with van der Waals surface area (Å²) in [7, 11) is 0. The second kappa shape index (κ2) is 6.30. The van der Waals surface area contributed by atoms with E-state index in [1.54, 1.807) is 0 Å². The Bertz CT molecular complexity index is 290. The van der Waals surface area contributed by atoms with Crippen molar-refractivity contribution in [1.82, 2.24) is 0 Å². The quantitative estimate of drug-likeness (QED) is 0.610. The summed E-state index contributed by atoms with van der Waals surface area (Å²) in [5.41, 5.74) is -0.436. The molecule has 0 unspecified atom stereocenters. The number of halogens is 3. The Hall–Kier alpha value is 0.671. The van der Waals surface area contributed by atoms with Crippen molar-refractivity contribution in [1.29, 1.82) is 0 Å². The summed E-state index contributed by atoms with van der Waals surface area (Å²) in [5.74, 6) is 0. The zero-order valence-corrected chi connectivity index (χ0v) is 11.0. The maximum absolute atomic E-state index is 12.4. The van der Waals surface area contributed by atoms with Crippen LogP contribution >= 0.6 is 0 Å². The predicted octanol–water partition coefficient (Wildman–Crippen LogP) is -1.72. The van der Waals surface area contributed by atoms with Gasteiger partial charge in [0.25, 0.3) is 0 Å². The van der Waals surface area contributed by atoms with Gasteiger partial charge in [-0.3, -0.25) is 0 Å². The van der Waals surface area contributed by atoms with Crippen LogP contribution in [0.4, 0.5) is 12.9 Å². The van der Waals surface area contributed by atoms with Gasteiger partial charge in [0.15, 0.2) is 0 Å². The Balaban J connectivity index is 0.00000169. The molecule has 6 heteroatoms. The first kappa shape index (κ1) is 14.7. The molecule has 0 fully saturated rings. The third kappa shape index (κ3) is 4.04. The van der Waals surface area contributed by atoms with Crippen LogP contribution in [-0.2, 0) is 6.42 Å². The van der Waals surface area contributed by atoms with Crippen LogP contribution < -0.4 is 56.8 Å². The first-order valence-corrected chi connectivity index (χ1v) is 3.94. The predicted molar refractivity (Wildman–Crippen MR) is 45.9 cm³/mol. The molecule has 0 atom stereocenters. The average molecular weight is 228 g/mol. The Kier molecular flexibility index (Phi) is 6.60. The van der Waals surface area contributed by atoms with Gasteiger partial charge in [-0.05, 0) is 6.42 Å². The van der Waals surface area contributed by atoms with Crippen molar-refractivity contribution in [3.8, 4) is 0 Å². The Labute approximate surface area is 123 Å². The maximum Gasteiger partial charge on any atom is 1.00 e. The van der Waals surface area contributed by atoms with Crippen molar-refractivity contribution in [2.75, 3.05) is 6.61 Å². The molecule has 1 aromatic rings. The third-order valence-corrected chi connectivity index (χ3v) is 1.79. The summed E-state index contributed by atoms with van der Waals surface area (Å²) < 4.78 is 37.1. The molecule has 0 aliphatic rings. The zero-order chi connectivity index (χ0) is 9.90. The Morgan fingerprint density at radius 3 is 2.21 bits per heavy atom. The number of hydrogen-bond donors (Lipinski definition) is 1. The van der Waals surface area contributed by atoms with E-state index in [9.17, 15) is 12.9 Å². The number of rotatable bonds is 3. The largest absolute Gasteiger partial charge is 1.00 e. The van der Waals surface area contributed by atoms with E-state index in [1.165, 1.54) is 18.2 Å². The fourth-order valence-electron chi connectivity index (χ4n) is 1.20. The second-order valence-electron chi connectivity index (χ2n) is 2.75. The van der Waals surface area contributed by atoms with Crippen molar-refractivity contribution < 1.29 is 69.4 Å². The summed E-state index contributed by atoms with van der Waals surface area (Å²) >= 11 is 0. The number of aliphatic hydroxyl groups excluding tert-OH is 1. The Morgan fingerprint density at radius 1 is 1.14 bits per heavy atom. The summed E-state index contributed by atoms with van der Waals surface area (Å²) in [6.45, 7) is -5.22. The van der Waals surface area contributed by atoms with Crippen LogP contribution in [0.3, 0.4) is 0 Å². The standard InChI is InChI=1S/C8H9BF3O.K/c10-9(11,12)8-4-2-1-3-7(8)5-6-13;/h1-4,13H,5-6H2;/q-1;+1. The molecule has 1 nitrogen and oxygen atoms in total. The minimum Gasteiger partial charge on any atom is -0.445 e. The normalized spacial score (nSPS) is 10.9. The molecule has 0 aromatic heterocycles. The maximum atomic E-state index is 12.4. The molecule has 0 aliphatic carbocycles. The van der Waals surface area contributed by atoms with E-state index in [1.807, 2.05) is 0 Å². The molecule has 1 aromatic carbocycles. The average Bonchev–Trinajstić information content (AvgIpc) is 2.04. The van der Waals surface area contributed by atoms with Crippen LogP contribution in [0.1, 0.15) is 5.56 Å². The van der Waals surface area contributed by atoms with E-state index in [0.717, 1.165) is 6.07 Å². The molecular formula is C8H9BF3KO. The monoisotopic (exact) mass is 228 g/mol.